The summed E-state index contributed by atoms with van der Waals surface area (Å²) in [6.45, 7) is -0.603. The van der Waals surface area contributed by atoms with Crippen LogP contribution in [0, 0.1) is 0 Å². The molecule has 1 heterocycles. The van der Waals surface area contributed by atoms with E-state index in [-0.39, 0.29) is 11.5 Å². The Kier molecular flexibility index (Phi) is 2.42. The number of nitrogens with zero attached hydrogens (tertiary/aromatic N) is 1. The van der Waals surface area contributed by atoms with Crippen LogP contribution in [-0.2, 0) is 12.8 Å². The highest BCUT2D eigenvalue weighted by Gasteiger charge is 2.38. The van der Waals surface area contributed by atoms with Crippen molar-refractivity contribution in [1.29, 1.82) is 0 Å². The first-order valence-corrected chi connectivity index (χ1v) is 4.70. The van der Waals surface area contributed by atoms with Gasteiger partial charge < -0.3 is 5.11 Å². The van der Waals surface area contributed by atoms with Gasteiger partial charge in [0, 0.05) is 11.8 Å². The van der Waals surface area contributed by atoms with Crippen molar-refractivity contribution in [3.63, 3.8) is 0 Å². The molecule has 2 nitrogen and oxygen atoms in total. The van der Waals surface area contributed by atoms with Crippen LogP contribution in [0.2, 0.25) is 0 Å². The molecule has 1 saturated carbocycles. The third-order valence-corrected chi connectivity index (χ3v) is 2.54. The van der Waals surface area contributed by atoms with Crippen LogP contribution in [0.3, 0.4) is 0 Å². The highest BCUT2D eigenvalue weighted by Crippen LogP contribution is 2.43. The maximum Gasteiger partial charge on any atom is 0.433 e. The Bertz CT molecular complexity index is 371. The molecule has 0 aliphatic heterocycles. The molecule has 0 atom stereocenters. The van der Waals surface area contributed by atoms with Crippen molar-refractivity contribution in [1.82, 2.24) is 4.98 Å². The van der Waals surface area contributed by atoms with Crippen LogP contribution in [0.4, 0.5) is 13.2 Å². The zero-order chi connectivity index (χ0) is 11.1. The van der Waals surface area contributed by atoms with Gasteiger partial charge in [0.15, 0.2) is 0 Å². The first-order valence-electron chi connectivity index (χ1n) is 4.70. The fourth-order valence-electron chi connectivity index (χ4n) is 1.69. The van der Waals surface area contributed by atoms with Crippen molar-refractivity contribution in [2.24, 2.45) is 0 Å². The van der Waals surface area contributed by atoms with Gasteiger partial charge in [0.05, 0.1) is 6.61 Å². The molecule has 1 aromatic heterocycles. The lowest BCUT2D eigenvalue weighted by molar-refractivity contribution is -0.142. The molecule has 1 fully saturated rings. The molecule has 0 aromatic carbocycles. The molecule has 1 aliphatic carbocycles. The minimum absolute atomic E-state index is 0.0625. The van der Waals surface area contributed by atoms with Crippen LogP contribution < -0.4 is 0 Å². The van der Waals surface area contributed by atoms with Gasteiger partial charge in [-0.2, -0.15) is 13.2 Å². The van der Waals surface area contributed by atoms with Gasteiger partial charge in [-0.15, -0.1) is 0 Å². The fourth-order valence-corrected chi connectivity index (χ4v) is 1.69. The molecule has 0 unspecified atom stereocenters. The van der Waals surface area contributed by atoms with Gasteiger partial charge >= 0.3 is 6.18 Å². The Hall–Kier alpha value is -1.10. The Morgan fingerprint density at radius 2 is 2.07 bits per heavy atom. The number of aromatic nitrogens is 1. The van der Waals surface area contributed by atoms with Gasteiger partial charge in [-0.1, -0.05) is 0 Å². The molecule has 82 valence electrons. The average molecular weight is 217 g/mol. The highest BCUT2D eigenvalue weighted by molar-refractivity contribution is 5.36. The smallest absolute Gasteiger partial charge is 0.392 e. The second-order valence-corrected chi connectivity index (χ2v) is 3.66. The summed E-state index contributed by atoms with van der Waals surface area (Å²) in [5.41, 5.74) is -0.415. The summed E-state index contributed by atoms with van der Waals surface area (Å²) in [5.74, 6) is 0.177. The SMILES string of the molecule is OCc1c(C2CC2)ccnc1C(F)(F)F. The minimum Gasteiger partial charge on any atom is -0.392 e. The van der Waals surface area contributed by atoms with E-state index in [1.54, 1.807) is 6.07 Å². The molecule has 1 aromatic rings. The fraction of sp³-hybridized carbons (Fsp3) is 0.500. The van der Waals surface area contributed by atoms with Crippen molar-refractivity contribution in [2.75, 3.05) is 0 Å². The van der Waals surface area contributed by atoms with Gasteiger partial charge in [-0.05, 0) is 30.4 Å². The molecule has 5 heteroatoms. The molecular formula is C10H10F3NO. The van der Waals surface area contributed by atoms with E-state index in [1.807, 2.05) is 0 Å². The van der Waals surface area contributed by atoms with Gasteiger partial charge in [0.1, 0.15) is 5.69 Å². The van der Waals surface area contributed by atoms with Crippen molar-refractivity contribution in [3.8, 4) is 0 Å². The van der Waals surface area contributed by atoms with Crippen LogP contribution in [-0.4, -0.2) is 10.1 Å². The van der Waals surface area contributed by atoms with Crippen molar-refractivity contribution >= 4 is 0 Å². The largest absolute Gasteiger partial charge is 0.433 e. The van der Waals surface area contributed by atoms with Crippen LogP contribution in [0.5, 0.6) is 0 Å². The predicted molar refractivity (Wildman–Crippen MR) is 47.1 cm³/mol. The molecule has 1 N–H and O–H groups in total. The molecule has 2 rings (SSSR count). The predicted octanol–water partition coefficient (Wildman–Crippen LogP) is 2.47. The standard InChI is InChI=1S/C10H10F3NO/c11-10(12,13)9-8(5-15)7(3-4-14-9)6-1-2-6/h3-4,6,15H,1-2,5H2. The van der Waals surface area contributed by atoms with E-state index < -0.39 is 18.5 Å². The van der Waals surface area contributed by atoms with E-state index in [0.29, 0.717) is 5.56 Å². The number of aliphatic hydroxyl groups is 1. The van der Waals surface area contributed by atoms with Crippen LogP contribution in [0.25, 0.3) is 0 Å². The van der Waals surface area contributed by atoms with E-state index in [0.717, 1.165) is 19.0 Å². The number of pyridine rings is 1. The van der Waals surface area contributed by atoms with E-state index >= 15 is 0 Å². The second-order valence-electron chi connectivity index (χ2n) is 3.66. The molecule has 15 heavy (non-hydrogen) atoms. The lowest BCUT2D eigenvalue weighted by Crippen LogP contribution is -2.13. The molecule has 0 saturated heterocycles. The van der Waals surface area contributed by atoms with Crippen molar-refractivity contribution < 1.29 is 18.3 Å². The van der Waals surface area contributed by atoms with E-state index in [4.69, 9.17) is 5.11 Å². The van der Waals surface area contributed by atoms with Crippen LogP contribution in [0.15, 0.2) is 12.3 Å². The van der Waals surface area contributed by atoms with Gasteiger partial charge in [-0.25, -0.2) is 0 Å². The zero-order valence-electron chi connectivity index (χ0n) is 7.88. The number of hydrogen-bond acceptors (Lipinski definition) is 2. The Labute approximate surface area is 84.8 Å². The monoisotopic (exact) mass is 217 g/mol. The first kappa shape index (κ1) is 10.4. The number of hydrogen-bond donors (Lipinski definition) is 1. The lowest BCUT2D eigenvalue weighted by Gasteiger charge is -2.13. The molecule has 1 aliphatic rings. The van der Waals surface area contributed by atoms with Crippen LogP contribution in [0.1, 0.15) is 35.6 Å². The Morgan fingerprint density at radius 1 is 1.40 bits per heavy atom. The van der Waals surface area contributed by atoms with Crippen molar-refractivity contribution in [3.05, 3.63) is 29.1 Å². The summed E-state index contributed by atoms with van der Waals surface area (Å²) < 4.78 is 37.6. The molecule has 0 spiro atoms. The number of rotatable bonds is 2. The van der Waals surface area contributed by atoms with E-state index in [9.17, 15) is 13.2 Å². The first-order chi connectivity index (χ1) is 7.04. The summed E-state index contributed by atoms with van der Waals surface area (Å²) in [7, 11) is 0. The maximum absolute atomic E-state index is 12.5. The van der Waals surface area contributed by atoms with E-state index in [1.165, 1.54) is 0 Å². The second kappa shape index (κ2) is 3.48. The van der Waals surface area contributed by atoms with Gasteiger partial charge in [0.25, 0.3) is 0 Å². The normalized spacial score (nSPS) is 16.8. The maximum atomic E-state index is 12.5. The van der Waals surface area contributed by atoms with Gasteiger partial charge in [0.2, 0.25) is 0 Å². The molecule has 0 amide bonds. The number of halogens is 3. The van der Waals surface area contributed by atoms with E-state index in [2.05, 4.69) is 4.98 Å². The summed E-state index contributed by atoms with van der Waals surface area (Å²) in [6, 6.07) is 1.57. The third-order valence-electron chi connectivity index (χ3n) is 2.54. The number of aliphatic hydroxyl groups excluding tert-OH is 1. The van der Waals surface area contributed by atoms with Gasteiger partial charge in [-0.3, -0.25) is 4.98 Å². The quantitative estimate of drug-likeness (QED) is 0.825. The van der Waals surface area contributed by atoms with Crippen molar-refractivity contribution in [2.45, 2.75) is 31.5 Å². The average Bonchev–Trinajstić information content (AvgIpc) is 2.98. The summed E-state index contributed by atoms with van der Waals surface area (Å²) >= 11 is 0. The van der Waals surface area contributed by atoms with Crippen LogP contribution >= 0.6 is 0 Å². The Balaban J connectivity index is 2.50. The highest BCUT2D eigenvalue weighted by atomic mass is 19.4. The Morgan fingerprint density at radius 3 is 2.53 bits per heavy atom. The number of alkyl halides is 3. The zero-order valence-corrected chi connectivity index (χ0v) is 7.88. The topological polar surface area (TPSA) is 33.1 Å². The summed E-state index contributed by atoms with van der Waals surface area (Å²) in [6.07, 6.45) is -1.53. The molecule has 0 bridgehead atoms. The summed E-state index contributed by atoms with van der Waals surface area (Å²) in [5, 5.41) is 9.00. The summed E-state index contributed by atoms with van der Waals surface area (Å²) in [4.78, 5) is 3.31. The minimum atomic E-state index is -4.48. The molecule has 0 radical (unpaired) electrons. The molecular weight excluding hydrogens is 207 g/mol. The lowest BCUT2D eigenvalue weighted by atomic mass is 10.0. The third kappa shape index (κ3) is 1.97.